The number of hydrogen-bond acceptors (Lipinski definition) is 2. The zero-order chi connectivity index (χ0) is 17.3. The van der Waals surface area contributed by atoms with Gasteiger partial charge in [0.1, 0.15) is 0 Å². The Bertz CT molecular complexity index is 692. The number of fused-ring (bicyclic) bond motifs is 1. The topological polar surface area (TPSA) is 60.9 Å². The number of allylic oxidation sites excluding steroid dienone is 1. The smallest absolute Gasteiger partial charge is 0.407 e. The van der Waals surface area contributed by atoms with Crippen LogP contribution in [0.1, 0.15) is 18.4 Å². The number of carbonyl (C=O) groups is 2. The summed E-state index contributed by atoms with van der Waals surface area (Å²) in [4.78, 5) is 26.5. The lowest BCUT2D eigenvalue weighted by atomic mass is 10.00. The standard InChI is InChI=1S/C17H18F2N2O3/c18-14-5-4-11(8-15(14)19)2-1-3-12-9-13-10-20(17(23)24)6-7-21(13)16(12)22/h1-2,4-5,8,12-13H,3,6-7,9-10H2,(H,23,24)/b2-1+/t12-,13-/m0/s1. The number of amides is 2. The van der Waals surface area contributed by atoms with Crippen LogP contribution in [0.5, 0.6) is 0 Å². The molecular formula is C17H18F2N2O3. The maximum atomic E-state index is 13.2. The van der Waals surface area contributed by atoms with Gasteiger partial charge in [0, 0.05) is 25.6 Å². The van der Waals surface area contributed by atoms with Crippen LogP contribution in [0.15, 0.2) is 24.3 Å². The molecule has 0 aliphatic carbocycles. The van der Waals surface area contributed by atoms with E-state index in [-0.39, 0.29) is 17.9 Å². The van der Waals surface area contributed by atoms with Gasteiger partial charge in [-0.1, -0.05) is 18.2 Å². The maximum Gasteiger partial charge on any atom is 0.407 e. The molecule has 0 radical (unpaired) electrons. The zero-order valence-electron chi connectivity index (χ0n) is 13.0. The first-order chi connectivity index (χ1) is 11.5. The highest BCUT2D eigenvalue weighted by atomic mass is 19.2. The van der Waals surface area contributed by atoms with Crippen molar-refractivity contribution in [3.05, 3.63) is 41.5 Å². The average molecular weight is 336 g/mol. The summed E-state index contributed by atoms with van der Waals surface area (Å²) in [7, 11) is 0. The fraction of sp³-hybridized carbons (Fsp3) is 0.412. The van der Waals surface area contributed by atoms with Gasteiger partial charge in [-0.2, -0.15) is 0 Å². The van der Waals surface area contributed by atoms with E-state index in [0.29, 0.717) is 38.0 Å². The van der Waals surface area contributed by atoms with Gasteiger partial charge in [-0.15, -0.1) is 0 Å². The summed E-state index contributed by atoms with van der Waals surface area (Å²) >= 11 is 0. The van der Waals surface area contributed by atoms with Crippen LogP contribution >= 0.6 is 0 Å². The third-order valence-electron chi connectivity index (χ3n) is 4.62. The molecule has 7 heteroatoms. The highest BCUT2D eigenvalue weighted by molar-refractivity contribution is 5.82. The van der Waals surface area contributed by atoms with Crippen LogP contribution in [0.3, 0.4) is 0 Å². The van der Waals surface area contributed by atoms with Crippen LogP contribution in [0.25, 0.3) is 6.08 Å². The normalized spacial score (nSPS) is 23.8. The summed E-state index contributed by atoms with van der Waals surface area (Å²) in [6, 6.07) is 3.58. The van der Waals surface area contributed by atoms with Gasteiger partial charge >= 0.3 is 6.09 Å². The molecule has 0 saturated carbocycles. The fourth-order valence-electron chi connectivity index (χ4n) is 3.37. The molecule has 0 unspecified atom stereocenters. The van der Waals surface area contributed by atoms with E-state index in [9.17, 15) is 18.4 Å². The van der Waals surface area contributed by atoms with Gasteiger partial charge in [0.25, 0.3) is 0 Å². The van der Waals surface area contributed by atoms with E-state index in [4.69, 9.17) is 5.11 Å². The molecule has 1 aromatic carbocycles. The van der Waals surface area contributed by atoms with Crippen molar-refractivity contribution in [1.82, 2.24) is 9.80 Å². The van der Waals surface area contributed by atoms with Crippen LogP contribution in [0, 0.1) is 17.6 Å². The van der Waals surface area contributed by atoms with E-state index in [1.165, 1.54) is 11.0 Å². The van der Waals surface area contributed by atoms with Crippen molar-refractivity contribution < 1.29 is 23.5 Å². The second kappa shape index (κ2) is 6.59. The van der Waals surface area contributed by atoms with Gasteiger partial charge in [-0.3, -0.25) is 4.79 Å². The Hall–Kier alpha value is -2.44. The third kappa shape index (κ3) is 3.25. The number of hydrogen-bond donors (Lipinski definition) is 1. The Balaban J connectivity index is 1.60. The second-order valence-corrected chi connectivity index (χ2v) is 6.16. The largest absolute Gasteiger partial charge is 0.465 e. The Morgan fingerprint density at radius 1 is 1.29 bits per heavy atom. The highest BCUT2D eigenvalue weighted by Gasteiger charge is 2.42. The predicted octanol–water partition coefficient (Wildman–Crippen LogP) is 2.58. The number of carbonyl (C=O) groups excluding carboxylic acids is 1. The Kier molecular flexibility index (Phi) is 4.51. The van der Waals surface area contributed by atoms with Crippen LogP contribution in [-0.2, 0) is 4.79 Å². The van der Waals surface area contributed by atoms with Gasteiger partial charge in [0.15, 0.2) is 11.6 Å². The molecule has 2 fully saturated rings. The van der Waals surface area contributed by atoms with Gasteiger partial charge in [0.05, 0.1) is 6.04 Å². The van der Waals surface area contributed by atoms with E-state index in [2.05, 4.69) is 0 Å². The third-order valence-corrected chi connectivity index (χ3v) is 4.62. The molecule has 1 aromatic rings. The Morgan fingerprint density at radius 2 is 2.08 bits per heavy atom. The minimum absolute atomic E-state index is 0.0416. The zero-order valence-corrected chi connectivity index (χ0v) is 13.0. The summed E-state index contributed by atoms with van der Waals surface area (Å²) in [6.45, 7) is 1.12. The van der Waals surface area contributed by atoms with Crippen LogP contribution in [-0.4, -0.2) is 52.6 Å². The molecule has 0 spiro atoms. The molecular weight excluding hydrogens is 318 g/mol. The van der Waals surface area contributed by atoms with Crippen LogP contribution in [0.2, 0.25) is 0 Å². The Labute approximate surface area is 138 Å². The fourth-order valence-corrected chi connectivity index (χ4v) is 3.37. The maximum absolute atomic E-state index is 13.2. The predicted molar refractivity (Wildman–Crippen MR) is 83.2 cm³/mol. The molecule has 0 aromatic heterocycles. The molecule has 3 rings (SSSR count). The second-order valence-electron chi connectivity index (χ2n) is 6.16. The SMILES string of the molecule is O=C(O)N1CCN2C(=O)[C@@H](C/C=C/c3ccc(F)c(F)c3)C[C@H]2C1. The molecule has 2 saturated heterocycles. The van der Waals surface area contributed by atoms with E-state index in [0.717, 1.165) is 12.1 Å². The first kappa shape index (κ1) is 16.4. The Morgan fingerprint density at radius 3 is 2.79 bits per heavy atom. The number of piperazine rings is 1. The summed E-state index contributed by atoms with van der Waals surface area (Å²) in [5.41, 5.74) is 0.536. The summed E-state index contributed by atoms with van der Waals surface area (Å²) < 4.78 is 26.0. The average Bonchev–Trinajstić information content (AvgIpc) is 2.86. The molecule has 1 N–H and O–H groups in total. The van der Waals surface area contributed by atoms with Crippen molar-refractivity contribution >= 4 is 18.1 Å². The van der Waals surface area contributed by atoms with E-state index in [1.54, 1.807) is 17.1 Å². The molecule has 5 nitrogen and oxygen atoms in total. The molecule has 0 bridgehead atoms. The first-order valence-electron chi connectivity index (χ1n) is 7.85. The number of carboxylic acid groups (broad SMARTS) is 1. The van der Waals surface area contributed by atoms with Crippen molar-refractivity contribution in [3.63, 3.8) is 0 Å². The quantitative estimate of drug-likeness (QED) is 0.923. The monoisotopic (exact) mass is 336 g/mol. The number of nitrogens with zero attached hydrogens (tertiary/aromatic N) is 2. The lowest BCUT2D eigenvalue weighted by Gasteiger charge is -2.35. The molecule has 2 aliphatic rings. The van der Waals surface area contributed by atoms with Crippen LogP contribution in [0.4, 0.5) is 13.6 Å². The van der Waals surface area contributed by atoms with Crippen molar-refractivity contribution in [2.45, 2.75) is 18.9 Å². The molecule has 2 aliphatic heterocycles. The van der Waals surface area contributed by atoms with Gasteiger partial charge < -0.3 is 14.9 Å². The highest BCUT2D eigenvalue weighted by Crippen LogP contribution is 2.30. The van der Waals surface area contributed by atoms with E-state index in [1.807, 2.05) is 0 Å². The van der Waals surface area contributed by atoms with Crippen molar-refractivity contribution in [2.75, 3.05) is 19.6 Å². The summed E-state index contributed by atoms with van der Waals surface area (Å²) in [5, 5.41) is 9.05. The number of benzene rings is 1. The molecule has 2 heterocycles. The van der Waals surface area contributed by atoms with E-state index < -0.39 is 17.7 Å². The van der Waals surface area contributed by atoms with Gasteiger partial charge in [-0.25, -0.2) is 13.6 Å². The molecule has 24 heavy (non-hydrogen) atoms. The van der Waals surface area contributed by atoms with Crippen molar-refractivity contribution in [3.8, 4) is 0 Å². The molecule has 2 atom stereocenters. The lowest BCUT2D eigenvalue weighted by molar-refractivity contribution is -0.133. The first-order valence-corrected chi connectivity index (χ1v) is 7.85. The van der Waals surface area contributed by atoms with Crippen LogP contribution < -0.4 is 0 Å². The van der Waals surface area contributed by atoms with Crippen molar-refractivity contribution in [2.24, 2.45) is 5.92 Å². The number of rotatable bonds is 3. The molecule has 128 valence electrons. The van der Waals surface area contributed by atoms with Crippen molar-refractivity contribution in [1.29, 1.82) is 0 Å². The number of halogens is 2. The van der Waals surface area contributed by atoms with Gasteiger partial charge in [-0.05, 0) is 30.5 Å². The van der Waals surface area contributed by atoms with Gasteiger partial charge in [0.2, 0.25) is 5.91 Å². The minimum atomic E-state index is -0.955. The molecule has 2 amide bonds. The van der Waals surface area contributed by atoms with E-state index >= 15 is 0 Å². The lowest BCUT2D eigenvalue weighted by Crippen LogP contribution is -2.52. The summed E-state index contributed by atoms with van der Waals surface area (Å²) in [6.07, 6.45) is 3.60. The summed E-state index contributed by atoms with van der Waals surface area (Å²) in [5.74, 6) is -1.94. The minimum Gasteiger partial charge on any atom is -0.465 e.